The fourth-order valence-electron chi connectivity index (χ4n) is 3.35. The maximum Gasteiger partial charge on any atom is 0.0951 e. The molecule has 3 atom stereocenters. The van der Waals surface area contributed by atoms with Crippen molar-refractivity contribution in [3.63, 3.8) is 0 Å². The third kappa shape index (κ3) is 2.77. The molecule has 0 amide bonds. The van der Waals surface area contributed by atoms with Crippen LogP contribution in [0.4, 0.5) is 0 Å². The van der Waals surface area contributed by atoms with Crippen LogP contribution in [0.5, 0.6) is 0 Å². The predicted molar refractivity (Wildman–Crippen MR) is 75.4 cm³/mol. The highest BCUT2D eigenvalue weighted by Gasteiger charge is 2.33. The van der Waals surface area contributed by atoms with Gasteiger partial charge in [-0.1, -0.05) is 27.2 Å². The molecule has 1 aliphatic rings. The molecule has 2 rings (SSSR count). The Balaban J connectivity index is 2.02. The number of hydrogen-bond acceptors (Lipinski definition) is 2. The number of imidazole rings is 1. The maximum atomic E-state index is 4.35. The van der Waals surface area contributed by atoms with Crippen LogP contribution in [-0.4, -0.2) is 16.1 Å². The largest absolute Gasteiger partial charge is 0.330 e. The summed E-state index contributed by atoms with van der Waals surface area (Å²) in [7, 11) is 0. The van der Waals surface area contributed by atoms with E-state index >= 15 is 0 Å². The van der Waals surface area contributed by atoms with E-state index in [9.17, 15) is 0 Å². The quantitative estimate of drug-likeness (QED) is 0.783. The van der Waals surface area contributed by atoms with Gasteiger partial charge in [0, 0.05) is 18.8 Å². The summed E-state index contributed by atoms with van der Waals surface area (Å²) in [5.41, 5.74) is 1.34. The van der Waals surface area contributed by atoms with Crippen molar-refractivity contribution in [2.45, 2.75) is 59.0 Å². The molecule has 0 spiro atoms. The zero-order valence-corrected chi connectivity index (χ0v) is 12.0. The molecule has 1 heterocycles. The summed E-state index contributed by atoms with van der Waals surface area (Å²) in [6.45, 7) is 8.97. The zero-order valence-electron chi connectivity index (χ0n) is 12.0. The van der Waals surface area contributed by atoms with Gasteiger partial charge in [-0.2, -0.15) is 0 Å². The smallest absolute Gasteiger partial charge is 0.0951 e. The second kappa shape index (κ2) is 6.37. The first-order valence-electron chi connectivity index (χ1n) is 7.49. The number of nitrogens with zero attached hydrogens (tertiary/aromatic N) is 2. The van der Waals surface area contributed by atoms with Gasteiger partial charge in [0.05, 0.1) is 12.0 Å². The van der Waals surface area contributed by atoms with Crippen LogP contribution in [0.15, 0.2) is 12.5 Å². The van der Waals surface area contributed by atoms with Crippen LogP contribution >= 0.6 is 0 Å². The second-order valence-electron chi connectivity index (χ2n) is 5.64. The minimum Gasteiger partial charge on any atom is -0.330 e. The topological polar surface area (TPSA) is 29.9 Å². The third-order valence-corrected chi connectivity index (χ3v) is 4.54. The Labute approximate surface area is 111 Å². The highest BCUT2D eigenvalue weighted by atomic mass is 15.1. The highest BCUT2D eigenvalue weighted by Crippen LogP contribution is 2.42. The Morgan fingerprint density at radius 1 is 1.39 bits per heavy atom. The highest BCUT2D eigenvalue weighted by molar-refractivity contribution is 5.02. The molecular formula is C15H27N3. The average Bonchev–Trinajstić information content (AvgIpc) is 2.96. The second-order valence-corrected chi connectivity index (χ2v) is 5.64. The van der Waals surface area contributed by atoms with Crippen LogP contribution in [0.1, 0.15) is 58.2 Å². The number of nitrogens with one attached hydrogen (secondary N) is 1. The molecule has 3 nitrogen and oxygen atoms in total. The van der Waals surface area contributed by atoms with Gasteiger partial charge >= 0.3 is 0 Å². The minimum absolute atomic E-state index is 0.663. The van der Waals surface area contributed by atoms with E-state index in [0.717, 1.165) is 24.9 Å². The lowest BCUT2D eigenvalue weighted by Crippen LogP contribution is -2.21. The van der Waals surface area contributed by atoms with Crippen LogP contribution in [0.2, 0.25) is 0 Å². The van der Waals surface area contributed by atoms with Crippen molar-refractivity contribution in [2.24, 2.45) is 11.8 Å². The standard InChI is InChI=1S/C15H27N3/c1-4-8-16-9-14-10-17-11-18(14)15-7-6-13(5-2)12(15)3/h10-13,15-16H,4-9H2,1-3H3. The predicted octanol–water partition coefficient (Wildman–Crippen LogP) is 3.38. The van der Waals surface area contributed by atoms with E-state index in [2.05, 4.69) is 35.6 Å². The van der Waals surface area contributed by atoms with Crippen molar-refractivity contribution in [1.82, 2.24) is 14.9 Å². The van der Waals surface area contributed by atoms with E-state index in [1.165, 1.54) is 31.4 Å². The first-order chi connectivity index (χ1) is 8.77. The molecule has 0 bridgehead atoms. The number of aromatic nitrogens is 2. The van der Waals surface area contributed by atoms with Crippen molar-refractivity contribution >= 4 is 0 Å². The van der Waals surface area contributed by atoms with Crippen molar-refractivity contribution in [3.8, 4) is 0 Å². The molecule has 0 aromatic carbocycles. The Hall–Kier alpha value is -0.830. The lowest BCUT2D eigenvalue weighted by molar-refractivity contribution is 0.323. The van der Waals surface area contributed by atoms with Gasteiger partial charge < -0.3 is 9.88 Å². The van der Waals surface area contributed by atoms with Gasteiger partial charge in [0.25, 0.3) is 0 Å². The summed E-state index contributed by atoms with van der Waals surface area (Å²) in [5.74, 6) is 1.68. The van der Waals surface area contributed by atoms with Gasteiger partial charge in [0.1, 0.15) is 0 Å². The first-order valence-corrected chi connectivity index (χ1v) is 7.49. The number of hydrogen-bond donors (Lipinski definition) is 1. The summed E-state index contributed by atoms with van der Waals surface area (Å²) in [5, 5.41) is 3.48. The van der Waals surface area contributed by atoms with Gasteiger partial charge in [-0.3, -0.25) is 0 Å². The molecule has 0 radical (unpaired) electrons. The van der Waals surface area contributed by atoms with Gasteiger partial charge in [0.15, 0.2) is 0 Å². The molecule has 3 heteroatoms. The van der Waals surface area contributed by atoms with E-state index in [-0.39, 0.29) is 0 Å². The minimum atomic E-state index is 0.663. The molecule has 0 saturated heterocycles. The average molecular weight is 249 g/mol. The summed E-state index contributed by atoms with van der Waals surface area (Å²) >= 11 is 0. The summed E-state index contributed by atoms with van der Waals surface area (Å²) in [6.07, 6.45) is 9.25. The summed E-state index contributed by atoms with van der Waals surface area (Å²) in [6, 6.07) is 0.663. The maximum absolute atomic E-state index is 4.35. The van der Waals surface area contributed by atoms with E-state index in [4.69, 9.17) is 0 Å². The van der Waals surface area contributed by atoms with Crippen LogP contribution in [0.25, 0.3) is 0 Å². The van der Waals surface area contributed by atoms with Gasteiger partial charge in [-0.25, -0.2) is 4.98 Å². The molecule has 1 aromatic rings. The fourth-order valence-corrected chi connectivity index (χ4v) is 3.35. The lowest BCUT2D eigenvalue weighted by Gasteiger charge is -2.23. The van der Waals surface area contributed by atoms with Gasteiger partial charge in [0.2, 0.25) is 0 Å². The zero-order chi connectivity index (χ0) is 13.0. The Bertz CT molecular complexity index is 358. The molecule has 1 aromatic heterocycles. The molecule has 3 unspecified atom stereocenters. The van der Waals surface area contributed by atoms with E-state index < -0.39 is 0 Å². The van der Waals surface area contributed by atoms with E-state index in [1.807, 2.05) is 12.5 Å². The summed E-state index contributed by atoms with van der Waals surface area (Å²) in [4.78, 5) is 4.35. The molecular weight excluding hydrogens is 222 g/mol. The SMILES string of the molecule is CCCNCc1cncn1C1CCC(CC)C1C. The van der Waals surface area contributed by atoms with Crippen LogP contribution in [0, 0.1) is 11.8 Å². The molecule has 1 N–H and O–H groups in total. The molecule has 18 heavy (non-hydrogen) atoms. The van der Waals surface area contributed by atoms with E-state index in [1.54, 1.807) is 0 Å². The van der Waals surface area contributed by atoms with Crippen molar-refractivity contribution in [1.29, 1.82) is 0 Å². The Morgan fingerprint density at radius 2 is 2.22 bits per heavy atom. The first kappa shape index (κ1) is 13.6. The molecule has 102 valence electrons. The van der Waals surface area contributed by atoms with Crippen LogP contribution in [0.3, 0.4) is 0 Å². The normalized spacial score (nSPS) is 27.8. The third-order valence-electron chi connectivity index (χ3n) is 4.54. The lowest BCUT2D eigenvalue weighted by atomic mass is 9.93. The van der Waals surface area contributed by atoms with E-state index in [0.29, 0.717) is 6.04 Å². The van der Waals surface area contributed by atoms with Gasteiger partial charge in [-0.05, 0) is 37.6 Å². The fraction of sp³-hybridized carbons (Fsp3) is 0.800. The summed E-state index contributed by atoms with van der Waals surface area (Å²) < 4.78 is 2.42. The Kier molecular flexibility index (Phi) is 4.81. The van der Waals surface area contributed by atoms with Crippen LogP contribution in [-0.2, 0) is 6.54 Å². The Morgan fingerprint density at radius 3 is 2.89 bits per heavy atom. The molecule has 1 fully saturated rings. The van der Waals surface area contributed by atoms with Crippen molar-refractivity contribution < 1.29 is 0 Å². The monoisotopic (exact) mass is 249 g/mol. The molecule has 1 aliphatic carbocycles. The molecule has 1 saturated carbocycles. The van der Waals surface area contributed by atoms with Gasteiger partial charge in [-0.15, -0.1) is 0 Å². The van der Waals surface area contributed by atoms with Crippen molar-refractivity contribution in [2.75, 3.05) is 6.54 Å². The van der Waals surface area contributed by atoms with Crippen molar-refractivity contribution in [3.05, 3.63) is 18.2 Å². The number of rotatable bonds is 6. The van der Waals surface area contributed by atoms with Crippen LogP contribution < -0.4 is 5.32 Å². The molecule has 0 aliphatic heterocycles.